The van der Waals surface area contributed by atoms with Gasteiger partial charge in [0, 0.05) is 18.7 Å². The zero-order chi connectivity index (χ0) is 13.1. The van der Waals surface area contributed by atoms with Crippen molar-refractivity contribution in [2.24, 2.45) is 0 Å². The van der Waals surface area contributed by atoms with Gasteiger partial charge >= 0.3 is 0 Å². The summed E-state index contributed by atoms with van der Waals surface area (Å²) in [6.45, 7) is 8.15. The number of hydrogen-bond acceptors (Lipinski definition) is 3. The Labute approximate surface area is 108 Å². The summed E-state index contributed by atoms with van der Waals surface area (Å²) in [7, 11) is 1.68. The van der Waals surface area contributed by atoms with Crippen LogP contribution in [0.5, 0.6) is 5.75 Å². The number of aryl methyl sites for hydroxylation is 1. The van der Waals surface area contributed by atoms with Crippen molar-refractivity contribution in [2.75, 3.05) is 7.11 Å². The highest BCUT2D eigenvalue weighted by Gasteiger charge is 2.10. The van der Waals surface area contributed by atoms with Gasteiger partial charge in [0.15, 0.2) is 0 Å². The molecule has 1 aromatic heterocycles. The van der Waals surface area contributed by atoms with Gasteiger partial charge in [-0.25, -0.2) is 4.98 Å². The SMILES string of the molecule is CCn1c(CNC(C)C)nc2cc(OC)ccc21. The number of nitrogens with zero attached hydrogens (tertiary/aromatic N) is 2. The molecule has 0 bridgehead atoms. The third kappa shape index (κ3) is 2.48. The molecule has 4 heteroatoms. The number of rotatable bonds is 5. The van der Waals surface area contributed by atoms with Gasteiger partial charge in [-0.15, -0.1) is 0 Å². The van der Waals surface area contributed by atoms with E-state index in [1.54, 1.807) is 7.11 Å². The summed E-state index contributed by atoms with van der Waals surface area (Å²) in [5, 5.41) is 3.41. The Morgan fingerprint density at radius 2 is 2.17 bits per heavy atom. The van der Waals surface area contributed by atoms with E-state index in [0.29, 0.717) is 6.04 Å². The molecule has 0 amide bonds. The number of aromatic nitrogens is 2. The first-order valence-corrected chi connectivity index (χ1v) is 6.42. The van der Waals surface area contributed by atoms with Crippen LogP contribution in [0, 0.1) is 0 Å². The standard InChI is InChI=1S/C14H21N3O/c1-5-17-13-7-6-11(18-4)8-12(13)16-14(17)9-15-10(2)3/h6-8,10,15H,5,9H2,1-4H3. The molecule has 0 spiro atoms. The minimum Gasteiger partial charge on any atom is -0.497 e. The molecular weight excluding hydrogens is 226 g/mol. The van der Waals surface area contributed by atoms with E-state index in [-0.39, 0.29) is 0 Å². The molecule has 2 rings (SSSR count). The summed E-state index contributed by atoms with van der Waals surface area (Å²) in [5.74, 6) is 1.93. The van der Waals surface area contributed by atoms with Crippen LogP contribution in [-0.2, 0) is 13.1 Å². The summed E-state index contributed by atoms with van der Waals surface area (Å²) in [5.41, 5.74) is 2.16. The zero-order valence-corrected chi connectivity index (χ0v) is 11.5. The molecule has 0 saturated heterocycles. The molecule has 4 nitrogen and oxygen atoms in total. The van der Waals surface area contributed by atoms with E-state index in [1.807, 2.05) is 12.1 Å². The lowest BCUT2D eigenvalue weighted by Crippen LogP contribution is -2.23. The van der Waals surface area contributed by atoms with Crippen molar-refractivity contribution in [2.45, 2.75) is 39.9 Å². The van der Waals surface area contributed by atoms with Crippen molar-refractivity contribution in [3.8, 4) is 5.75 Å². The second kappa shape index (κ2) is 5.40. The number of ether oxygens (including phenoxy) is 1. The van der Waals surface area contributed by atoms with Gasteiger partial charge in [-0.3, -0.25) is 0 Å². The van der Waals surface area contributed by atoms with Crippen LogP contribution < -0.4 is 10.1 Å². The fourth-order valence-corrected chi connectivity index (χ4v) is 2.07. The number of methoxy groups -OCH3 is 1. The van der Waals surface area contributed by atoms with E-state index in [9.17, 15) is 0 Å². The molecule has 0 fully saturated rings. The molecule has 0 radical (unpaired) electrons. The van der Waals surface area contributed by atoms with Gasteiger partial charge in [0.05, 0.1) is 24.7 Å². The Morgan fingerprint density at radius 1 is 1.39 bits per heavy atom. The highest BCUT2D eigenvalue weighted by atomic mass is 16.5. The predicted molar refractivity (Wildman–Crippen MR) is 73.9 cm³/mol. The molecule has 98 valence electrons. The van der Waals surface area contributed by atoms with Gasteiger partial charge < -0.3 is 14.6 Å². The lowest BCUT2D eigenvalue weighted by Gasteiger charge is -2.09. The second-order valence-electron chi connectivity index (χ2n) is 4.66. The summed E-state index contributed by atoms with van der Waals surface area (Å²) in [6, 6.07) is 6.50. The maximum atomic E-state index is 5.24. The molecule has 0 aliphatic heterocycles. The van der Waals surface area contributed by atoms with Crippen molar-refractivity contribution in [1.29, 1.82) is 0 Å². The molecule has 0 atom stereocenters. The van der Waals surface area contributed by atoms with Gasteiger partial charge in [0.25, 0.3) is 0 Å². The maximum Gasteiger partial charge on any atom is 0.123 e. The van der Waals surface area contributed by atoms with E-state index < -0.39 is 0 Å². The Kier molecular flexibility index (Phi) is 3.87. The number of hydrogen-bond donors (Lipinski definition) is 1. The van der Waals surface area contributed by atoms with Crippen molar-refractivity contribution in [3.63, 3.8) is 0 Å². The predicted octanol–water partition coefficient (Wildman–Crippen LogP) is 2.56. The Morgan fingerprint density at radius 3 is 2.78 bits per heavy atom. The zero-order valence-electron chi connectivity index (χ0n) is 11.5. The lowest BCUT2D eigenvalue weighted by atomic mass is 10.3. The summed E-state index contributed by atoms with van der Waals surface area (Å²) in [6.07, 6.45) is 0. The van der Waals surface area contributed by atoms with Gasteiger partial charge in [-0.05, 0) is 19.1 Å². The summed E-state index contributed by atoms with van der Waals surface area (Å²) >= 11 is 0. The highest BCUT2D eigenvalue weighted by Crippen LogP contribution is 2.21. The third-order valence-electron chi connectivity index (χ3n) is 3.02. The Bertz CT molecular complexity index is 531. The highest BCUT2D eigenvalue weighted by molar-refractivity contribution is 5.77. The molecule has 0 aliphatic carbocycles. The first kappa shape index (κ1) is 12.9. The van der Waals surface area contributed by atoms with Crippen LogP contribution in [0.4, 0.5) is 0 Å². The summed E-state index contributed by atoms with van der Waals surface area (Å²) < 4.78 is 7.48. The quantitative estimate of drug-likeness (QED) is 0.882. The molecule has 1 heterocycles. The second-order valence-corrected chi connectivity index (χ2v) is 4.66. The van der Waals surface area contributed by atoms with E-state index in [1.165, 1.54) is 5.52 Å². The Hall–Kier alpha value is -1.55. The fraction of sp³-hybridized carbons (Fsp3) is 0.500. The lowest BCUT2D eigenvalue weighted by molar-refractivity contribution is 0.415. The minimum atomic E-state index is 0.463. The molecule has 1 N–H and O–H groups in total. The molecule has 0 saturated carbocycles. The van der Waals surface area contributed by atoms with Gasteiger partial charge in [0.2, 0.25) is 0 Å². The average Bonchev–Trinajstić information content (AvgIpc) is 2.72. The van der Waals surface area contributed by atoms with Crippen molar-refractivity contribution < 1.29 is 4.74 Å². The van der Waals surface area contributed by atoms with Crippen molar-refractivity contribution in [1.82, 2.24) is 14.9 Å². The maximum absolute atomic E-state index is 5.24. The van der Waals surface area contributed by atoms with Crippen LogP contribution in [0.2, 0.25) is 0 Å². The fourth-order valence-electron chi connectivity index (χ4n) is 2.07. The average molecular weight is 247 g/mol. The van der Waals surface area contributed by atoms with Gasteiger partial charge in [0.1, 0.15) is 11.6 Å². The topological polar surface area (TPSA) is 39.1 Å². The third-order valence-corrected chi connectivity index (χ3v) is 3.02. The smallest absolute Gasteiger partial charge is 0.123 e. The van der Waals surface area contributed by atoms with E-state index in [0.717, 1.165) is 30.2 Å². The minimum absolute atomic E-state index is 0.463. The van der Waals surface area contributed by atoms with Crippen LogP contribution in [0.15, 0.2) is 18.2 Å². The van der Waals surface area contributed by atoms with Gasteiger partial charge in [-0.2, -0.15) is 0 Å². The van der Waals surface area contributed by atoms with Crippen LogP contribution >= 0.6 is 0 Å². The molecule has 0 unspecified atom stereocenters. The monoisotopic (exact) mass is 247 g/mol. The number of imidazole rings is 1. The first-order chi connectivity index (χ1) is 8.65. The number of benzene rings is 1. The Balaban J connectivity index is 2.40. The number of nitrogens with one attached hydrogen (secondary N) is 1. The van der Waals surface area contributed by atoms with E-state index in [2.05, 4.69) is 41.7 Å². The molecule has 2 aromatic rings. The van der Waals surface area contributed by atoms with Crippen molar-refractivity contribution in [3.05, 3.63) is 24.0 Å². The van der Waals surface area contributed by atoms with E-state index >= 15 is 0 Å². The molecular formula is C14H21N3O. The summed E-state index contributed by atoms with van der Waals surface area (Å²) in [4.78, 5) is 4.68. The van der Waals surface area contributed by atoms with Crippen LogP contribution in [0.1, 0.15) is 26.6 Å². The van der Waals surface area contributed by atoms with Crippen LogP contribution in [0.3, 0.4) is 0 Å². The van der Waals surface area contributed by atoms with Crippen LogP contribution in [0.25, 0.3) is 11.0 Å². The molecule has 18 heavy (non-hydrogen) atoms. The first-order valence-electron chi connectivity index (χ1n) is 6.42. The van der Waals surface area contributed by atoms with Crippen LogP contribution in [-0.4, -0.2) is 22.7 Å². The normalized spacial score (nSPS) is 11.4. The van der Waals surface area contributed by atoms with E-state index in [4.69, 9.17) is 4.74 Å². The molecule has 1 aromatic carbocycles. The largest absolute Gasteiger partial charge is 0.497 e. The van der Waals surface area contributed by atoms with Gasteiger partial charge in [-0.1, -0.05) is 13.8 Å². The molecule has 0 aliphatic rings. The number of fused-ring (bicyclic) bond motifs is 1. The van der Waals surface area contributed by atoms with Crippen molar-refractivity contribution >= 4 is 11.0 Å².